The van der Waals surface area contributed by atoms with Gasteiger partial charge in [-0.1, -0.05) is 77.7 Å². The van der Waals surface area contributed by atoms with Gasteiger partial charge in [0.2, 0.25) is 0 Å². The van der Waals surface area contributed by atoms with Gasteiger partial charge in [0.1, 0.15) is 24.4 Å². The molecule has 8 aliphatic carbocycles. The highest BCUT2D eigenvalue weighted by atomic mass is 16.3. The van der Waals surface area contributed by atoms with Crippen LogP contribution in [-0.4, -0.2) is 78.8 Å². The predicted octanol–water partition coefficient (Wildman–Crippen LogP) is 7.26. The minimum absolute atomic E-state index is 0.0497. The molecule has 6 fully saturated rings. The Morgan fingerprint density at radius 2 is 1.07 bits per heavy atom. The molecule has 8 rings (SSSR count). The Morgan fingerprint density at radius 1 is 0.643 bits per heavy atom. The number of carbonyl (C=O) groups is 2. The summed E-state index contributed by atoms with van der Waals surface area (Å²) in [7, 11) is 0. The van der Waals surface area contributed by atoms with Crippen molar-refractivity contribution in [2.24, 2.45) is 69.0 Å². The monoisotopic (exact) mass is 781 g/mol. The number of carbonyl (C=O) groups excluding carboxylic acids is 2. The SMILES string of the molecule is CCC1C=C2CCC3C(C(O)CC4(C)C3CCC4(O)C(=O)CO)C2(C)CC1.CCCCC1C=C2CCC3C(C(O)CC4(C)C3CCC4(O)C(=O)CO)C2(C)CC1. The molecule has 8 nitrogen and oxygen atoms in total. The van der Waals surface area contributed by atoms with Gasteiger partial charge in [0, 0.05) is 10.8 Å². The predicted molar refractivity (Wildman–Crippen MR) is 217 cm³/mol. The smallest absolute Gasteiger partial charge is 0.190 e. The number of hydrogen-bond acceptors (Lipinski definition) is 8. The van der Waals surface area contributed by atoms with Gasteiger partial charge in [-0.05, 0) is 161 Å². The van der Waals surface area contributed by atoms with Crippen molar-refractivity contribution in [3.63, 3.8) is 0 Å². The lowest BCUT2D eigenvalue weighted by molar-refractivity contribution is -0.182. The Bertz CT molecular complexity index is 1570. The minimum Gasteiger partial charge on any atom is -0.393 e. The number of fused-ring (bicyclic) bond motifs is 10. The summed E-state index contributed by atoms with van der Waals surface area (Å²) in [5, 5.41) is 64.2. The van der Waals surface area contributed by atoms with Crippen LogP contribution in [-0.2, 0) is 9.59 Å². The van der Waals surface area contributed by atoms with Crippen LogP contribution in [0, 0.1) is 69.0 Å². The average Bonchev–Trinajstić information content (AvgIpc) is 3.61. The second-order valence-corrected chi connectivity index (χ2v) is 21.4. The molecule has 0 aromatic carbocycles. The summed E-state index contributed by atoms with van der Waals surface area (Å²) in [6.45, 7) is 12.0. The van der Waals surface area contributed by atoms with E-state index in [1.54, 1.807) is 11.1 Å². The van der Waals surface area contributed by atoms with Gasteiger partial charge in [0.05, 0.1) is 12.2 Å². The molecule has 0 radical (unpaired) electrons. The summed E-state index contributed by atoms with van der Waals surface area (Å²) < 4.78 is 0. The molecule has 16 unspecified atom stereocenters. The lowest BCUT2D eigenvalue weighted by Gasteiger charge is -2.61. The van der Waals surface area contributed by atoms with Crippen molar-refractivity contribution >= 4 is 11.6 Å². The zero-order chi connectivity index (χ0) is 40.6. The first-order valence-electron chi connectivity index (χ1n) is 22.9. The van der Waals surface area contributed by atoms with Gasteiger partial charge < -0.3 is 30.6 Å². The lowest BCUT2D eigenvalue weighted by atomic mass is 9.45. The van der Waals surface area contributed by atoms with E-state index in [0.717, 1.165) is 51.4 Å². The molecule has 16 atom stereocenters. The van der Waals surface area contributed by atoms with Gasteiger partial charge in [-0.2, -0.15) is 0 Å². The van der Waals surface area contributed by atoms with Crippen LogP contribution in [0.5, 0.6) is 0 Å². The molecule has 0 saturated heterocycles. The number of unbranched alkanes of at least 4 members (excludes halogenated alkanes) is 1. The zero-order valence-electron chi connectivity index (χ0n) is 35.6. The molecule has 0 bridgehead atoms. The van der Waals surface area contributed by atoms with Crippen LogP contribution in [0.25, 0.3) is 0 Å². The summed E-state index contributed by atoms with van der Waals surface area (Å²) >= 11 is 0. The highest BCUT2D eigenvalue weighted by Gasteiger charge is 2.69. The van der Waals surface area contributed by atoms with Gasteiger partial charge in [-0.3, -0.25) is 9.59 Å². The third-order valence-electron chi connectivity index (χ3n) is 19.3. The van der Waals surface area contributed by atoms with Crippen molar-refractivity contribution < 1.29 is 40.2 Å². The van der Waals surface area contributed by atoms with Gasteiger partial charge in [-0.15, -0.1) is 0 Å². The maximum absolute atomic E-state index is 12.5. The number of aliphatic hydroxyl groups is 6. The quantitative estimate of drug-likeness (QED) is 0.141. The van der Waals surface area contributed by atoms with E-state index in [1.807, 2.05) is 13.8 Å². The van der Waals surface area contributed by atoms with Crippen LogP contribution in [0.2, 0.25) is 0 Å². The molecule has 0 aromatic heterocycles. The minimum atomic E-state index is -1.49. The van der Waals surface area contributed by atoms with Crippen molar-refractivity contribution in [3.05, 3.63) is 23.3 Å². The first-order valence-corrected chi connectivity index (χ1v) is 22.9. The molecular weight excluding hydrogens is 705 g/mol. The van der Waals surface area contributed by atoms with Crippen molar-refractivity contribution in [1.29, 1.82) is 0 Å². The Kier molecular flexibility index (Phi) is 11.6. The molecule has 8 aliphatic rings. The van der Waals surface area contributed by atoms with Crippen molar-refractivity contribution in [2.45, 2.75) is 181 Å². The number of rotatable bonds is 8. The van der Waals surface area contributed by atoms with E-state index in [9.17, 15) is 40.2 Å². The zero-order valence-corrected chi connectivity index (χ0v) is 35.6. The second-order valence-electron chi connectivity index (χ2n) is 21.4. The van der Waals surface area contributed by atoms with Crippen molar-refractivity contribution in [2.75, 3.05) is 13.2 Å². The number of allylic oxidation sites excluding steroid dienone is 4. The molecule has 0 aromatic rings. The van der Waals surface area contributed by atoms with E-state index in [4.69, 9.17) is 0 Å². The fraction of sp³-hybridized carbons (Fsp3) is 0.875. The molecule has 6 saturated carbocycles. The van der Waals surface area contributed by atoms with Crippen molar-refractivity contribution in [1.82, 2.24) is 0 Å². The van der Waals surface area contributed by atoms with E-state index in [2.05, 4.69) is 39.8 Å². The normalized spacial score (nSPS) is 50.4. The van der Waals surface area contributed by atoms with Crippen LogP contribution in [0.15, 0.2) is 23.3 Å². The first kappa shape index (κ1) is 42.7. The van der Waals surface area contributed by atoms with E-state index in [1.165, 1.54) is 38.5 Å². The van der Waals surface area contributed by atoms with Crippen molar-refractivity contribution in [3.8, 4) is 0 Å². The van der Waals surface area contributed by atoms with Gasteiger partial charge in [0.25, 0.3) is 0 Å². The largest absolute Gasteiger partial charge is 0.393 e. The van der Waals surface area contributed by atoms with Gasteiger partial charge >= 0.3 is 0 Å². The first-order chi connectivity index (χ1) is 26.4. The van der Waals surface area contributed by atoms with Crippen LogP contribution in [0.1, 0.15) is 157 Å². The third-order valence-corrected chi connectivity index (χ3v) is 19.3. The van der Waals surface area contributed by atoms with Crippen LogP contribution in [0.3, 0.4) is 0 Å². The summed E-state index contributed by atoms with van der Waals surface area (Å²) in [5.41, 5.74) is -1.04. The van der Waals surface area contributed by atoms with Crippen LogP contribution < -0.4 is 0 Å². The lowest BCUT2D eigenvalue weighted by Crippen LogP contribution is -2.62. The maximum Gasteiger partial charge on any atom is 0.190 e. The summed E-state index contributed by atoms with van der Waals surface area (Å²) in [6, 6.07) is 0. The number of ketones is 2. The van der Waals surface area contributed by atoms with Crippen LogP contribution in [0.4, 0.5) is 0 Å². The van der Waals surface area contributed by atoms with E-state index in [0.29, 0.717) is 49.4 Å². The Morgan fingerprint density at radius 3 is 1.48 bits per heavy atom. The number of aliphatic hydroxyl groups excluding tert-OH is 4. The summed E-state index contributed by atoms with van der Waals surface area (Å²) in [4.78, 5) is 24.9. The van der Waals surface area contributed by atoms with Crippen LogP contribution >= 0.6 is 0 Å². The number of hydrogen-bond donors (Lipinski definition) is 6. The Labute approximate surface area is 337 Å². The molecule has 316 valence electrons. The molecule has 6 N–H and O–H groups in total. The van der Waals surface area contributed by atoms with E-state index < -0.39 is 59.0 Å². The summed E-state index contributed by atoms with van der Waals surface area (Å²) in [5.74, 6) is 2.06. The Hall–Kier alpha value is -1.42. The highest BCUT2D eigenvalue weighted by Crippen LogP contribution is 2.69. The fourth-order valence-electron chi connectivity index (χ4n) is 16.1. The molecule has 0 spiro atoms. The maximum atomic E-state index is 12.5. The molecule has 0 amide bonds. The standard InChI is InChI=1S/C25H40O4.C23H36O4/c1-4-5-6-16-9-11-23(2)17(13-16)7-8-18-19-10-12-25(29,21(28)15-26)24(19,3)14-20(27)22(18)23;1-4-14-7-9-21(2)15(11-14)5-6-16-17-8-10-23(27,19(26)13-24)22(17,3)12-18(25)20(16)21/h13,16,18-20,22,26-27,29H,4-12,14-15H2,1-3H3;11,14,16-18,20,24-25,27H,4-10,12-13H2,1-3H3. The average molecular weight is 781 g/mol. The molecule has 8 heteroatoms. The van der Waals surface area contributed by atoms with Gasteiger partial charge in [0.15, 0.2) is 11.6 Å². The third kappa shape index (κ3) is 6.17. The topological polar surface area (TPSA) is 156 Å². The highest BCUT2D eigenvalue weighted by molar-refractivity contribution is 5.90. The fourth-order valence-corrected chi connectivity index (χ4v) is 16.1. The number of Topliss-reactive ketones (excluding diaryl/α,β-unsaturated/α-hetero) is 2. The second kappa shape index (κ2) is 15.2. The Balaban J connectivity index is 0.000000172. The van der Waals surface area contributed by atoms with E-state index >= 15 is 0 Å². The molecule has 0 aliphatic heterocycles. The summed E-state index contributed by atoms with van der Waals surface area (Å²) in [6.07, 6.45) is 21.4. The van der Waals surface area contributed by atoms with Gasteiger partial charge in [-0.25, -0.2) is 0 Å². The molecular formula is C48H76O8. The molecule has 0 heterocycles. The van der Waals surface area contributed by atoms with E-state index in [-0.39, 0.29) is 34.5 Å². The molecule has 56 heavy (non-hydrogen) atoms.